The Morgan fingerprint density at radius 1 is 1.21 bits per heavy atom. The van der Waals surface area contributed by atoms with Gasteiger partial charge in [0.25, 0.3) is 5.88 Å². The lowest BCUT2D eigenvalue weighted by molar-refractivity contribution is 0.0490. The SMILES string of the molecule is COc1nn(OCC(C)C)c(=O)cc1OCC(C)C. The number of aromatic nitrogens is 2. The predicted molar refractivity (Wildman–Crippen MR) is 71.7 cm³/mol. The van der Waals surface area contributed by atoms with E-state index in [1.54, 1.807) is 0 Å². The molecule has 0 atom stereocenters. The van der Waals surface area contributed by atoms with Gasteiger partial charge in [0.15, 0.2) is 5.75 Å². The first-order chi connectivity index (χ1) is 8.93. The fourth-order valence-electron chi connectivity index (χ4n) is 1.22. The zero-order valence-corrected chi connectivity index (χ0v) is 12.2. The highest BCUT2D eigenvalue weighted by atomic mass is 16.7. The highest BCUT2D eigenvalue weighted by Gasteiger charge is 2.12. The summed E-state index contributed by atoms with van der Waals surface area (Å²) < 4.78 is 10.6. The van der Waals surface area contributed by atoms with Crippen molar-refractivity contribution in [3.63, 3.8) is 0 Å². The molecule has 0 bridgehead atoms. The van der Waals surface area contributed by atoms with Crippen LogP contribution < -0.4 is 19.9 Å². The zero-order chi connectivity index (χ0) is 14.4. The van der Waals surface area contributed by atoms with Crippen LogP contribution in [0.5, 0.6) is 11.6 Å². The summed E-state index contributed by atoms with van der Waals surface area (Å²) in [5, 5.41) is 3.98. The van der Waals surface area contributed by atoms with E-state index in [0.29, 0.717) is 30.8 Å². The van der Waals surface area contributed by atoms with Gasteiger partial charge in [-0.25, -0.2) is 0 Å². The minimum absolute atomic E-state index is 0.240. The molecule has 108 valence electrons. The van der Waals surface area contributed by atoms with E-state index < -0.39 is 0 Å². The Hall–Kier alpha value is -1.72. The molecule has 0 fully saturated rings. The summed E-state index contributed by atoms with van der Waals surface area (Å²) in [6.07, 6.45) is 0. The number of hydrogen-bond acceptors (Lipinski definition) is 5. The van der Waals surface area contributed by atoms with Gasteiger partial charge >= 0.3 is 5.56 Å². The van der Waals surface area contributed by atoms with Crippen molar-refractivity contribution in [1.29, 1.82) is 0 Å². The normalized spacial score (nSPS) is 10.9. The van der Waals surface area contributed by atoms with Crippen LogP contribution in [0.2, 0.25) is 0 Å². The molecule has 6 heteroatoms. The number of hydrogen-bond donors (Lipinski definition) is 0. The molecule has 1 rings (SSSR count). The Kier molecular flexibility index (Phi) is 5.66. The molecule has 0 N–H and O–H groups in total. The predicted octanol–water partition coefficient (Wildman–Crippen LogP) is 1.37. The van der Waals surface area contributed by atoms with Gasteiger partial charge in [-0.1, -0.05) is 37.6 Å². The minimum atomic E-state index is -0.375. The Morgan fingerprint density at radius 3 is 2.37 bits per heavy atom. The highest BCUT2D eigenvalue weighted by molar-refractivity contribution is 5.30. The lowest BCUT2D eigenvalue weighted by atomic mass is 10.2. The third-order valence-electron chi connectivity index (χ3n) is 2.13. The van der Waals surface area contributed by atoms with Gasteiger partial charge in [0.1, 0.15) is 6.61 Å². The van der Waals surface area contributed by atoms with E-state index in [9.17, 15) is 4.79 Å². The molecule has 0 aliphatic carbocycles. The van der Waals surface area contributed by atoms with E-state index in [0.717, 1.165) is 4.85 Å². The fourth-order valence-corrected chi connectivity index (χ4v) is 1.22. The summed E-state index contributed by atoms with van der Waals surface area (Å²) in [6, 6.07) is 1.33. The average Bonchev–Trinajstić information content (AvgIpc) is 2.34. The van der Waals surface area contributed by atoms with Crippen LogP contribution in [0.3, 0.4) is 0 Å². The van der Waals surface area contributed by atoms with Crippen LogP contribution in [0, 0.1) is 11.8 Å². The highest BCUT2D eigenvalue weighted by Crippen LogP contribution is 2.21. The number of rotatable bonds is 7. The number of nitrogens with zero attached hydrogens (tertiary/aromatic N) is 2. The lowest BCUT2D eigenvalue weighted by Crippen LogP contribution is -2.31. The fraction of sp³-hybridized carbons (Fsp3) is 0.692. The summed E-state index contributed by atoms with van der Waals surface area (Å²) in [7, 11) is 1.47. The van der Waals surface area contributed by atoms with Gasteiger partial charge < -0.3 is 14.3 Å². The maximum absolute atomic E-state index is 11.8. The number of ether oxygens (including phenoxy) is 2. The topological polar surface area (TPSA) is 62.6 Å². The molecule has 19 heavy (non-hydrogen) atoms. The molecule has 0 radical (unpaired) electrons. The summed E-state index contributed by atoms with van der Waals surface area (Å²) in [6.45, 7) is 8.92. The summed E-state index contributed by atoms with van der Waals surface area (Å²) in [5.74, 6) is 1.23. The second kappa shape index (κ2) is 7.01. The van der Waals surface area contributed by atoms with Gasteiger partial charge in [0.05, 0.1) is 19.8 Å². The van der Waals surface area contributed by atoms with Crippen molar-refractivity contribution in [1.82, 2.24) is 9.94 Å². The van der Waals surface area contributed by atoms with E-state index in [-0.39, 0.29) is 11.4 Å². The second-order valence-corrected chi connectivity index (χ2v) is 5.12. The smallest absolute Gasteiger partial charge is 0.307 e. The van der Waals surface area contributed by atoms with Crippen molar-refractivity contribution in [2.24, 2.45) is 11.8 Å². The minimum Gasteiger partial charge on any atom is -0.488 e. The molecule has 0 aromatic carbocycles. The van der Waals surface area contributed by atoms with Crippen LogP contribution in [-0.2, 0) is 0 Å². The van der Waals surface area contributed by atoms with Gasteiger partial charge in [-0.05, 0) is 11.8 Å². The molecule has 0 aliphatic heterocycles. The van der Waals surface area contributed by atoms with Crippen LogP contribution in [0.25, 0.3) is 0 Å². The molecule has 0 saturated heterocycles. The molecular formula is C13H22N2O4. The third kappa shape index (κ3) is 4.81. The van der Waals surface area contributed by atoms with Crippen molar-refractivity contribution in [2.75, 3.05) is 20.3 Å². The maximum Gasteiger partial charge on any atom is 0.307 e. The number of methoxy groups -OCH3 is 1. The first kappa shape index (κ1) is 15.3. The van der Waals surface area contributed by atoms with Crippen LogP contribution in [0.1, 0.15) is 27.7 Å². The first-order valence-corrected chi connectivity index (χ1v) is 6.38. The monoisotopic (exact) mass is 270 g/mol. The van der Waals surface area contributed by atoms with E-state index in [1.807, 2.05) is 27.7 Å². The van der Waals surface area contributed by atoms with Gasteiger partial charge in [-0.15, -0.1) is 0 Å². The van der Waals surface area contributed by atoms with E-state index in [1.165, 1.54) is 13.2 Å². The molecule has 0 saturated carbocycles. The van der Waals surface area contributed by atoms with Crippen molar-refractivity contribution < 1.29 is 14.3 Å². The Bertz CT molecular complexity index is 454. The maximum atomic E-state index is 11.8. The standard InChI is InChI=1S/C13H22N2O4/c1-9(2)7-18-11-6-12(16)15(14-13(11)17-5)19-8-10(3)4/h6,9-10H,7-8H2,1-5H3. The quantitative estimate of drug-likeness (QED) is 0.749. The first-order valence-electron chi connectivity index (χ1n) is 6.38. The van der Waals surface area contributed by atoms with Crippen LogP contribution in [0.15, 0.2) is 10.9 Å². The second-order valence-electron chi connectivity index (χ2n) is 5.12. The molecule has 0 unspecified atom stereocenters. The van der Waals surface area contributed by atoms with Gasteiger partial charge in [0, 0.05) is 0 Å². The van der Waals surface area contributed by atoms with E-state index in [2.05, 4.69) is 5.10 Å². The molecule has 1 aromatic heterocycles. The van der Waals surface area contributed by atoms with E-state index >= 15 is 0 Å². The van der Waals surface area contributed by atoms with Gasteiger partial charge in [-0.3, -0.25) is 4.79 Å². The molecular weight excluding hydrogens is 248 g/mol. The average molecular weight is 270 g/mol. The summed E-state index contributed by atoms with van der Waals surface area (Å²) >= 11 is 0. The van der Waals surface area contributed by atoms with Crippen molar-refractivity contribution in [2.45, 2.75) is 27.7 Å². The largest absolute Gasteiger partial charge is 0.488 e. The summed E-state index contributed by atoms with van der Waals surface area (Å²) in [4.78, 5) is 18.0. The van der Waals surface area contributed by atoms with Crippen LogP contribution >= 0.6 is 0 Å². The van der Waals surface area contributed by atoms with Crippen molar-refractivity contribution >= 4 is 0 Å². The van der Waals surface area contributed by atoms with Gasteiger partial charge in [-0.2, -0.15) is 0 Å². The van der Waals surface area contributed by atoms with Gasteiger partial charge in [0.2, 0.25) is 0 Å². The Morgan fingerprint density at radius 2 is 1.84 bits per heavy atom. The van der Waals surface area contributed by atoms with Crippen molar-refractivity contribution in [3.8, 4) is 11.6 Å². The Labute approximate surface area is 113 Å². The molecule has 1 aromatic rings. The lowest BCUT2D eigenvalue weighted by Gasteiger charge is -2.13. The van der Waals surface area contributed by atoms with Crippen LogP contribution in [0.4, 0.5) is 0 Å². The van der Waals surface area contributed by atoms with Crippen molar-refractivity contribution in [3.05, 3.63) is 16.4 Å². The van der Waals surface area contributed by atoms with Crippen LogP contribution in [-0.4, -0.2) is 30.3 Å². The molecule has 6 nitrogen and oxygen atoms in total. The molecule has 0 amide bonds. The van der Waals surface area contributed by atoms with E-state index in [4.69, 9.17) is 14.3 Å². The molecule has 0 aliphatic rings. The third-order valence-corrected chi connectivity index (χ3v) is 2.13. The summed E-state index contributed by atoms with van der Waals surface area (Å²) in [5.41, 5.74) is -0.375. The molecule has 0 spiro atoms. The molecule has 1 heterocycles. The zero-order valence-electron chi connectivity index (χ0n) is 12.2. The Balaban J connectivity index is 2.90.